The summed E-state index contributed by atoms with van der Waals surface area (Å²) in [6.45, 7) is 1.60. The first-order chi connectivity index (χ1) is 10.5. The number of aromatic nitrogens is 1. The van der Waals surface area contributed by atoms with Gasteiger partial charge in [0.1, 0.15) is 0 Å². The number of hydrogen-bond donors (Lipinski definition) is 0. The van der Waals surface area contributed by atoms with Gasteiger partial charge in [0.2, 0.25) is 9.84 Å². The molecule has 1 unspecified atom stereocenters. The number of nitrogens with zero attached hydrogens (tertiary/aromatic N) is 1. The molecule has 0 N–H and O–H groups in total. The normalized spacial score (nSPS) is 13.1. The van der Waals surface area contributed by atoms with Crippen molar-refractivity contribution < 1.29 is 13.1 Å². The molecule has 0 fully saturated rings. The van der Waals surface area contributed by atoms with Crippen molar-refractivity contribution in [3.05, 3.63) is 77.6 Å². The smallest absolute Gasteiger partial charge is 0.309 e. The minimum absolute atomic E-state index is 0.226. The van der Waals surface area contributed by atoms with Crippen LogP contribution in [0.3, 0.4) is 0 Å². The van der Waals surface area contributed by atoms with Gasteiger partial charge in [0, 0.05) is 12.1 Å². The van der Waals surface area contributed by atoms with Crippen molar-refractivity contribution in [1.82, 2.24) is 0 Å². The van der Waals surface area contributed by atoms with Crippen LogP contribution in [0.25, 0.3) is 10.8 Å². The van der Waals surface area contributed by atoms with Crippen molar-refractivity contribution in [3.63, 3.8) is 0 Å². The zero-order chi connectivity index (χ0) is 15.7. The van der Waals surface area contributed by atoms with Crippen molar-refractivity contribution in [2.45, 2.75) is 17.2 Å². The summed E-state index contributed by atoms with van der Waals surface area (Å²) in [7, 11) is -3.74. The van der Waals surface area contributed by atoms with Crippen LogP contribution in [0.5, 0.6) is 0 Å². The van der Waals surface area contributed by atoms with Gasteiger partial charge in [0.15, 0.2) is 6.20 Å². The molecule has 2 aromatic carbocycles. The zero-order valence-corrected chi connectivity index (χ0v) is 12.8. The summed E-state index contributed by atoms with van der Waals surface area (Å²) < 4.78 is 25.7. The van der Waals surface area contributed by atoms with E-state index in [0.29, 0.717) is 10.3 Å². The fraction of sp³-hybridized carbons (Fsp3) is 0.118. The molecule has 1 aromatic heterocycles. The molecule has 4 nitrogen and oxygen atoms in total. The summed E-state index contributed by atoms with van der Waals surface area (Å²) in [5.41, 5.74) is 0.669. The second-order valence-corrected chi connectivity index (χ2v) is 7.37. The standard InChI is InChI=1S/C17H15NO3S/c1-13(22(20,21)17-8-4-5-11-18(17)19)15-10-9-14-6-2-3-7-16(14)12-15/h2-13H,1H3. The van der Waals surface area contributed by atoms with Gasteiger partial charge in [-0.25, -0.2) is 8.42 Å². The van der Waals surface area contributed by atoms with E-state index in [0.717, 1.165) is 10.8 Å². The number of benzene rings is 2. The fourth-order valence-corrected chi connectivity index (χ4v) is 3.90. The van der Waals surface area contributed by atoms with E-state index in [1.54, 1.807) is 19.1 Å². The highest BCUT2D eigenvalue weighted by molar-refractivity contribution is 7.91. The molecule has 0 saturated heterocycles. The molecule has 0 saturated carbocycles. The first-order valence-electron chi connectivity index (χ1n) is 6.91. The molecule has 0 aliphatic rings. The third-order valence-corrected chi connectivity index (χ3v) is 5.89. The summed E-state index contributed by atoms with van der Waals surface area (Å²) in [5.74, 6) is 0. The number of pyridine rings is 1. The Bertz CT molecular complexity index is 935. The minimum Gasteiger partial charge on any atom is -0.618 e. The zero-order valence-electron chi connectivity index (χ0n) is 12.0. The predicted molar refractivity (Wildman–Crippen MR) is 85.0 cm³/mol. The molecule has 3 rings (SSSR count). The Kier molecular flexibility index (Phi) is 3.58. The SMILES string of the molecule is CC(c1ccc2ccccc2c1)S(=O)(=O)c1cccc[n+]1[O-]. The second kappa shape index (κ2) is 5.42. The summed E-state index contributed by atoms with van der Waals surface area (Å²) in [4.78, 5) is 0. The topological polar surface area (TPSA) is 61.1 Å². The third-order valence-electron chi connectivity index (χ3n) is 3.79. The predicted octanol–water partition coefficient (Wildman–Crippen LogP) is 3.01. The van der Waals surface area contributed by atoms with Gasteiger partial charge in [-0.1, -0.05) is 36.4 Å². The van der Waals surface area contributed by atoms with Crippen molar-refractivity contribution in [3.8, 4) is 0 Å². The fourth-order valence-electron chi connectivity index (χ4n) is 2.45. The molecule has 5 heteroatoms. The van der Waals surface area contributed by atoms with E-state index in [-0.39, 0.29) is 5.03 Å². The molecule has 0 bridgehead atoms. The lowest BCUT2D eigenvalue weighted by molar-refractivity contribution is -0.646. The number of hydrogen-bond acceptors (Lipinski definition) is 3. The Morgan fingerprint density at radius 2 is 1.64 bits per heavy atom. The Morgan fingerprint density at radius 3 is 2.36 bits per heavy atom. The molecular formula is C17H15NO3S. The van der Waals surface area contributed by atoms with Crippen LogP contribution in [-0.4, -0.2) is 8.42 Å². The van der Waals surface area contributed by atoms with Gasteiger partial charge in [-0.3, -0.25) is 0 Å². The largest absolute Gasteiger partial charge is 0.618 e. The molecule has 0 aliphatic heterocycles. The lowest BCUT2D eigenvalue weighted by atomic mass is 10.1. The van der Waals surface area contributed by atoms with Crippen LogP contribution in [0, 0.1) is 5.21 Å². The van der Waals surface area contributed by atoms with Gasteiger partial charge in [0.05, 0.1) is 5.25 Å². The highest BCUT2D eigenvalue weighted by atomic mass is 32.2. The quantitative estimate of drug-likeness (QED) is 0.551. The Morgan fingerprint density at radius 1 is 0.955 bits per heavy atom. The number of sulfone groups is 1. The summed E-state index contributed by atoms with van der Waals surface area (Å²) in [6.07, 6.45) is 1.19. The Labute approximate surface area is 129 Å². The van der Waals surface area contributed by atoms with Crippen LogP contribution < -0.4 is 4.73 Å². The number of fused-ring (bicyclic) bond motifs is 1. The molecule has 22 heavy (non-hydrogen) atoms. The molecular weight excluding hydrogens is 298 g/mol. The maximum atomic E-state index is 12.7. The van der Waals surface area contributed by atoms with E-state index in [9.17, 15) is 13.6 Å². The van der Waals surface area contributed by atoms with Crippen molar-refractivity contribution in [2.75, 3.05) is 0 Å². The van der Waals surface area contributed by atoms with Gasteiger partial charge < -0.3 is 5.21 Å². The molecule has 0 spiro atoms. The maximum absolute atomic E-state index is 12.7. The van der Waals surface area contributed by atoms with Gasteiger partial charge in [-0.15, -0.1) is 0 Å². The van der Waals surface area contributed by atoms with Crippen molar-refractivity contribution in [1.29, 1.82) is 0 Å². The average molecular weight is 313 g/mol. The van der Waals surface area contributed by atoms with Crippen LogP contribution in [-0.2, 0) is 9.84 Å². The second-order valence-electron chi connectivity index (χ2n) is 5.16. The average Bonchev–Trinajstić information content (AvgIpc) is 2.54. The van der Waals surface area contributed by atoms with E-state index >= 15 is 0 Å². The van der Waals surface area contributed by atoms with Gasteiger partial charge in [-0.2, -0.15) is 4.73 Å². The van der Waals surface area contributed by atoms with Crippen molar-refractivity contribution in [2.24, 2.45) is 0 Å². The van der Waals surface area contributed by atoms with Gasteiger partial charge in [0.25, 0.3) is 0 Å². The first-order valence-corrected chi connectivity index (χ1v) is 8.45. The van der Waals surface area contributed by atoms with Crippen LogP contribution in [0.2, 0.25) is 0 Å². The van der Waals surface area contributed by atoms with Crippen LogP contribution in [0.4, 0.5) is 0 Å². The van der Waals surface area contributed by atoms with E-state index in [4.69, 9.17) is 0 Å². The van der Waals surface area contributed by atoms with Crippen molar-refractivity contribution >= 4 is 20.6 Å². The molecule has 0 radical (unpaired) electrons. The Hall–Kier alpha value is -2.40. The summed E-state index contributed by atoms with van der Waals surface area (Å²) in [6, 6.07) is 17.7. The molecule has 0 aliphatic carbocycles. The first kappa shape index (κ1) is 14.5. The lowest BCUT2D eigenvalue weighted by Gasteiger charge is -2.13. The number of rotatable bonds is 3. The molecule has 112 valence electrons. The maximum Gasteiger partial charge on any atom is 0.309 e. The van der Waals surface area contributed by atoms with E-state index in [2.05, 4.69) is 0 Å². The van der Waals surface area contributed by atoms with Gasteiger partial charge in [-0.05, 0) is 35.4 Å². The minimum atomic E-state index is -3.74. The lowest BCUT2D eigenvalue weighted by Crippen LogP contribution is -2.34. The van der Waals surface area contributed by atoms with Crippen LogP contribution in [0.15, 0.2) is 71.9 Å². The molecule has 0 amide bonds. The van der Waals surface area contributed by atoms with Crippen LogP contribution in [0.1, 0.15) is 17.7 Å². The third kappa shape index (κ3) is 2.44. The van der Waals surface area contributed by atoms with E-state index < -0.39 is 15.1 Å². The van der Waals surface area contributed by atoms with Crippen LogP contribution >= 0.6 is 0 Å². The summed E-state index contributed by atoms with van der Waals surface area (Å²) >= 11 is 0. The van der Waals surface area contributed by atoms with E-state index in [1.807, 2.05) is 36.4 Å². The molecule has 3 aromatic rings. The highest BCUT2D eigenvalue weighted by Crippen LogP contribution is 2.29. The Balaban J connectivity index is 2.08. The summed E-state index contributed by atoms with van der Waals surface area (Å²) in [5, 5.41) is 12.8. The molecule has 1 heterocycles. The monoisotopic (exact) mass is 313 g/mol. The van der Waals surface area contributed by atoms with Gasteiger partial charge >= 0.3 is 5.03 Å². The highest BCUT2D eigenvalue weighted by Gasteiger charge is 2.31. The molecule has 1 atom stereocenters. The van der Waals surface area contributed by atoms with E-state index in [1.165, 1.54) is 18.3 Å².